The molecule has 0 amide bonds. The van der Waals surface area contributed by atoms with Gasteiger partial charge in [0, 0.05) is 0 Å². The van der Waals surface area contributed by atoms with Crippen molar-refractivity contribution in [2.24, 2.45) is 11.8 Å². The predicted octanol–water partition coefficient (Wildman–Crippen LogP) is -2.32. The largest absolute Gasteiger partial charge is 1.00 e. The van der Waals surface area contributed by atoms with Crippen LogP contribution in [0.2, 0.25) is 0 Å². The standard InChI is InChI=1S/C8H16O4S.Na/c1-6-3-4-8(9,7(2)5-6)13(10,11)12;/h6-7,9H,3-5H2,1-2H3,(H,10,11,12);/q;+1/p-1. The fraction of sp³-hybridized carbons (Fsp3) is 1.00. The van der Waals surface area contributed by atoms with Gasteiger partial charge in [0.15, 0.2) is 4.93 Å². The van der Waals surface area contributed by atoms with Crippen LogP contribution in [0.25, 0.3) is 0 Å². The molecule has 1 saturated carbocycles. The van der Waals surface area contributed by atoms with Crippen LogP contribution in [0.4, 0.5) is 0 Å². The third-order valence-corrected chi connectivity index (χ3v) is 4.43. The van der Waals surface area contributed by atoms with Crippen LogP contribution in [0.1, 0.15) is 33.1 Å². The molecule has 0 saturated heterocycles. The minimum Gasteiger partial charge on any atom is -0.746 e. The van der Waals surface area contributed by atoms with E-state index in [1.807, 2.05) is 6.92 Å². The summed E-state index contributed by atoms with van der Waals surface area (Å²) in [7, 11) is -4.59. The van der Waals surface area contributed by atoms with Gasteiger partial charge in [-0.3, -0.25) is 0 Å². The van der Waals surface area contributed by atoms with Gasteiger partial charge in [0.25, 0.3) is 0 Å². The van der Waals surface area contributed by atoms with Crippen LogP contribution in [0.3, 0.4) is 0 Å². The zero-order chi connectivity index (χ0) is 10.3. The SMILES string of the molecule is CC1CCC(O)(S(=O)(=O)[O-])C(C)C1.[Na+]. The number of hydrogen-bond acceptors (Lipinski definition) is 4. The molecule has 1 aliphatic rings. The van der Waals surface area contributed by atoms with Crippen molar-refractivity contribution >= 4 is 10.1 Å². The molecule has 4 nitrogen and oxygen atoms in total. The molecule has 0 spiro atoms. The van der Waals surface area contributed by atoms with E-state index < -0.39 is 21.0 Å². The second-order valence-electron chi connectivity index (χ2n) is 4.08. The van der Waals surface area contributed by atoms with Crippen molar-refractivity contribution < 1.29 is 47.6 Å². The first kappa shape index (κ1) is 14.9. The molecule has 0 bridgehead atoms. The normalized spacial score (nSPS) is 38.9. The molecule has 0 heterocycles. The Labute approximate surface area is 107 Å². The van der Waals surface area contributed by atoms with Crippen molar-refractivity contribution in [1.29, 1.82) is 0 Å². The molecule has 1 fully saturated rings. The van der Waals surface area contributed by atoms with Crippen molar-refractivity contribution in [3.63, 3.8) is 0 Å². The van der Waals surface area contributed by atoms with Gasteiger partial charge < -0.3 is 9.66 Å². The summed E-state index contributed by atoms with van der Waals surface area (Å²) >= 11 is 0. The van der Waals surface area contributed by atoms with E-state index in [0.717, 1.165) is 0 Å². The summed E-state index contributed by atoms with van der Waals surface area (Å²) in [6.07, 6.45) is 1.27. The predicted molar refractivity (Wildman–Crippen MR) is 46.8 cm³/mol. The summed E-state index contributed by atoms with van der Waals surface area (Å²) in [6, 6.07) is 0. The Morgan fingerprint density at radius 2 is 1.93 bits per heavy atom. The first-order chi connectivity index (χ1) is 5.77. The molecular formula is C8H15NaO4S. The van der Waals surface area contributed by atoms with Gasteiger partial charge in [0.2, 0.25) is 0 Å². The Balaban J connectivity index is 0.00000169. The van der Waals surface area contributed by atoms with Gasteiger partial charge in [0.1, 0.15) is 10.1 Å². The van der Waals surface area contributed by atoms with Gasteiger partial charge in [-0.25, -0.2) is 8.42 Å². The molecule has 6 heteroatoms. The van der Waals surface area contributed by atoms with Gasteiger partial charge in [-0.15, -0.1) is 0 Å². The van der Waals surface area contributed by atoms with Crippen molar-refractivity contribution in [3.05, 3.63) is 0 Å². The van der Waals surface area contributed by atoms with Gasteiger partial charge in [-0.2, -0.15) is 0 Å². The fourth-order valence-electron chi connectivity index (χ4n) is 1.98. The number of aliphatic hydroxyl groups is 1. The van der Waals surface area contributed by atoms with Gasteiger partial charge in [-0.1, -0.05) is 13.8 Å². The Morgan fingerprint density at radius 3 is 2.29 bits per heavy atom. The molecule has 1 aliphatic carbocycles. The van der Waals surface area contributed by atoms with Crippen molar-refractivity contribution in [1.82, 2.24) is 0 Å². The molecule has 14 heavy (non-hydrogen) atoms. The molecule has 3 unspecified atom stereocenters. The van der Waals surface area contributed by atoms with E-state index in [-0.39, 0.29) is 36.0 Å². The summed E-state index contributed by atoms with van der Waals surface area (Å²) in [4.78, 5) is -2.03. The Morgan fingerprint density at radius 1 is 1.43 bits per heavy atom. The van der Waals surface area contributed by atoms with Crippen LogP contribution in [-0.2, 0) is 10.1 Å². The monoisotopic (exact) mass is 230 g/mol. The van der Waals surface area contributed by atoms with Crippen LogP contribution in [0.5, 0.6) is 0 Å². The number of rotatable bonds is 1. The Bertz CT molecular complexity index is 290. The second kappa shape index (κ2) is 4.80. The van der Waals surface area contributed by atoms with Gasteiger partial charge in [0.05, 0.1) is 0 Å². The van der Waals surface area contributed by atoms with Crippen molar-refractivity contribution in [2.45, 2.75) is 38.0 Å². The molecule has 0 aromatic rings. The van der Waals surface area contributed by atoms with Crippen LogP contribution in [0, 0.1) is 11.8 Å². The summed E-state index contributed by atoms with van der Waals surface area (Å²) in [5.74, 6) is -0.0734. The van der Waals surface area contributed by atoms with Crippen LogP contribution in [0.15, 0.2) is 0 Å². The van der Waals surface area contributed by atoms with Gasteiger partial charge >= 0.3 is 29.6 Å². The smallest absolute Gasteiger partial charge is 0.746 e. The minimum atomic E-state index is -4.59. The third-order valence-electron chi connectivity index (χ3n) is 2.95. The van der Waals surface area contributed by atoms with E-state index in [9.17, 15) is 18.1 Å². The van der Waals surface area contributed by atoms with Gasteiger partial charge in [-0.05, 0) is 31.1 Å². The maximum absolute atomic E-state index is 10.8. The molecule has 78 valence electrons. The van der Waals surface area contributed by atoms with E-state index in [1.54, 1.807) is 6.92 Å². The summed E-state index contributed by atoms with van der Waals surface area (Å²) in [6.45, 7) is 3.61. The van der Waals surface area contributed by atoms with Crippen molar-refractivity contribution in [2.75, 3.05) is 0 Å². The van der Waals surface area contributed by atoms with E-state index in [0.29, 0.717) is 18.8 Å². The first-order valence-electron chi connectivity index (χ1n) is 4.45. The molecule has 1 N–H and O–H groups in total. The average molecular weight is 230 g/mol. The molecule has 0 aromatic carbocycles. The maximum atomic E-state index is 10.8. The minimum absolute atomic E-state index is 0. The first-order valence-corrected chi connectivity index (χ1v) is 5.86. The van der Waals surface area contributed by atoms with Crippen LogP contribution < -0.4 is 29.6 Å². The second-order valence-corrected chi connectivity index (χ2v) is 5.69. The fourth-order valence-corrected chi connectivity index (χ4v) is 2.93. The quantitative estimate of drug-likeness (QED) is 0.405. The molecule has 3 atom stereocenters. The number of hydrogen-bond donors (Lipinski definition) is 1. The zero-order valence-corrected chi connectivity index (χ0v) is 11.7. The molecule has 0 radical (unpaired) electrons. The average Bonchev–Trinajstić information content (AvgIpc) is 1.95. The van der Waals surface area contributed by atoms with E-state index in [4.69, 9.17) is 0 Å². The maximum Gasteiger partial charge on any atom is 1.00 e. The van der Waals surface area contributed by atoms with E-state index in [1.165, 1.54) is 0 Å². The topological polar surface area (TPSA) is 77.4 Å². The Hall–Kier alpha value is 0.870. The molecular weight excluding hydrogens is 215 g/mol. The van der Waals surface area contributed by atoms with Crippen molar-refractivity contribution in [3.8, 4) is 0 Å². The van der Waals surface area contributed by atoms with E-state index in [2.05, 4.69) is 0 Å². The summed E-state index contributed by atoms with van der Waals surface area (Å²) in [5, 5.41) is 9.69. The van der Waals surface area contributed by atoms with E-state index >= 15 is 0 Å². The Kier molecular flexibility index (Phi) is 5.10. The molecule has 1 rings (SSSR count). The zero-order valence-electron chi connectivity index (χ0n) is 8.86. The van der Waals surface area contributed by atoms with Crippen LogP contribution in [-0.4, -0.2) is 23.0 Å². The summed E-state index contributed by atoms with van der Waals surface area (Å²) in [5.41, 5.74) is 0. The third kappa shape index (κ3) is 2.71. The molecule has 0 aromatic heterocycles. The van der Waals surface area contributed by atoms with Crippen LogP contribution >= 0.6 is 0 Å². The summed E-state index contributed by atoms with van der Waals surface area (Å²) < 4.78 is 32.5. The molecule has 0 aliphatic heterocycles.